The van der Waals surface area contributed by atoms with Crippen molar-refractivity contribution in [1.82, 2.24) is 9.97 Å². The van der Waals surface area contributed by atoms with Crippen molar-refractivity contribution in [3.05, 3.63) is 35.8 Å². The quantitative estimate of drug-likeness (QED) is 0.565. The zero-order valence-electron chi connectivity index (χ0n) is 14.9. The summed E-state index contributed by atoms with van der Waals surface area (Å²) < 4.78 is 19.4. The number of hydrogen-bond acceptors (Lipinski definition) is 7. The number of nitrogens with zero attached hydrogens (tertiary/aromatic N) is 2. The van der Waals surface area contributed by atoms with Crippen LogP contribution in [0.4, 0.5) is 21.7 Å². The minimum atomic E-state index is -0.800. The molecule has 26 heavy (non-hydrogen) atoms. The van der Waals surface area contributed by atoms with E-state index in [1.807, 2.05) is 13.8 Å². The van der Waals surface area contributed by atoms with Gasteiger partial charge >= 0.3 is 0 Å². The van der Waals surface area contributed by atoms with Gasteiger partial charge in [-0.15, -0.1) is 0 Å². The smallest absolute Gasteiger partial charge is 0.252 e. The first-order chi connectivity index (χ1) is 12.3. The maximum absolute atomic E-state index is 14.4. The molecule has 140 valence electrons. The molecule has 9 heteroatoms. The van der Waals surface area contributed by atoms with Gasteiger partial charge < -0.3 is 26.8 Å². The normalized spacial score (nSPS) is 13.0. The molecule has 2 heterocycles. The van der Waals surface area contributed by atoms with Crippen molar-refractivity contribution in [2.45, 2.75) is 32.4 Å². The predicted molar refractivity (Wildman–Crippen MR) is 98.1 cm³/mol. The maximum Gasteiger partial charge on any atom is 0.252 e. The second-order valence-electron chi connectivity index (χ2n) is 5.81. The fraction of sp³-hybridized carbons (Fsp3) is 0.353. The molecular weight excluding hydrogens is 339 g/mol. The van der Waals surface area contributed by atoms with Gasteiger partial charge in [0.15, 0.2) is 11.6 Å². The lowest BCUT2D eigenvalue weighted by Crippen LogP contribution is -2.38. The van der Waals surface area contributed by atoms with Crippen LogP contribution in [0.2, 0.25) is 0 Å². The summed E-state index contributed by atoms with van der Waals surface area (Å²) in [6.45, 7) is 3.75. The Balaban J connectivity index is 2.41. The van der Waals surface area contributed by atoms with Gasteiger partial charge in [-0.3, -0.25) is 4.79 Å². The zero-order valence-corrected chi connectivity index (χ0v) is 14.9. The number of halogens is 1. The number of aromatic nitrogens is 2. The molecule has 2 rings (SSSR count). The molecule has 2 atom stereocenters. The number of methoxy groups -OCH3 is 1. The van der Waals surface area contributed by atoms with E-state index in [-0.39, 0.29) is 29.3 Å². The van der Waals surface area contributed by atoms with E-state index in [0.717, 1.165) is 6.07 Å². The van der Waals surface area contributed by atoms with Gasteiger partial charge in [-0.2, -0.15) is 0 Å². The van der Waals surface area contributed by atoms with Crippen LogP contribution in [0, 0.1) is 5.82 Å². The molecule has 0 fully saturated rings. The molecule has 0 aliphatic heterocycles. The number of nitrogens with one attached hydrogen (secondary N) is 2. The molecule has 0 aliphatic rings. The van der Waals surface area contributed by atoms with Crippen LogP contribution in [-0.4, -0.2) is 35.1 Å². The molecule has 1 amide bonds. The lowest BCUT2D eigenvalue weighted by atomic mass is 10.1. The van der Waals surface area contributed by atoms with Crippen LogP contribution in [0.1, 0.15) is 30.6 Å². The molecule has 0 spiro atoms. The summed E-state index contributed by atoms with van der Waals surface area (Å²) in [4.78, 5) is 19.9. The highest BCUT2D eigenvalue weighted by Gasteiger charge is 2.19. The van der Waals surface area contributed by atoms with Crippen LogP contribution < -0.4 is 26.8 Å². The van der Waals surface area contributed by atoms with Crippen LogP contribution in [0.3, 0.4) is 0 Å². The first-order valence-corrected chi connectivity index (χ1v) is 8.15. The molecule has 0 aromatic carbocycles. The number of primary amides is 1. The van der Waals surface area contributed by atoms with Gasteiger partial charge in [-0.25, -0.2) is 14.4 Å². The predicted octanol–water partition coefficient (Wildman–Crippen LogP) is 2.00. The van der Waals surface area contributed by atoms with Gasteiger partial charge in [0.1, 0.15) is 5.82 Å². The Hall–Kier alpha value is -2.94. The highest BCUT2D eigenvalue weighted by molar-refractivity contribution is 5.98. The average Bonchev–Trinajstić information content (AvgIpc) is 2.61. The lowest BCUT2D eigenvalue weighted by molar-refractivity contribution is 0.100. The zero-order chi connectivity index (χ0) is 19.3. The van der Waals surface area contributed by atoms with Crippen molar-refractivity contribution in [3.8, 4) is 5.88 Å². The van der Waals surface area contributed by atoms with Crippen molar-refractivity contribution in [3.63, 3.8) is 0 Å². The summed E-state index contributed by atoms with van der Waals surface area (Å²) in [6.07, 6.45) is 2.21. The molecule has 0 unspecified atom stereocenters. The number of anilines is 3. The molecule has 2 aromatic rings. The number of carbonyl (C=O) groups is 1. The van der Waals surface area contributed by atoms with Gasteiger partial charge in [0.05, 0.1) is 12.7 Å². The Morgan fingerprint density at radius 3 is 2.69 bits per heavy atom. The van der Waals surface area contributed by atoms with Gasteiger partial charge in [-0.05, 0) is 25.5 Å². The fourth-order valence-corrected chi connectivity index (χ4v) is 2.39. The van der Waals surface area contributed by atoms with E-state index in [1.165, 1.54) is 13.3 Å². The van der Waals surface area contributed by atoms with Crippen molar-refractivity contribution >= 4 is 23.2 Å². The standard InChI is InChI=1S/C17H23FN6O2/c1-4-13(9(2)19)23-17-12(18)8-11(15(20)25)16(24-17)22-10-5-6-21-14(7-10)26-3/h5-9,13H,4,19H2,1-3H3,(H2,20,25)(H2,21,22,23,24)/t9-,13+/m0/s1. The van der Waals surface area contributed by atoms with Gasteiger partial charge in [0.25, 0.3) is 5.91 Å². The third kappa shape index (κ3) is 4.57. The van der Waals surface area contributed by atoms with Gasteiger partial charge in [0.2, 0.25) is 5.88 Å². The summed E-state index contributed by atoms with van der Waals surface area (Å²) in [5.74, 6) is -1.00. The summed E-state index contributed by atoms with van der Waals surface area (Å²) in [5.41, 5.74) is 11.7. The SMILES string of the molecule is CC[C@@H](Nc1nc(Nc2ccnc(OC)c2)c(C(N)=O)cc1F)[C@H](C)N. The van der Waals surface area contributed by atoms with Crippen molar-refractivity contribution < 1.29 is 13.9 Å². The fourth-order valence-electron chi connectivity index (χ4n) is 2.39. The first-order valence-electron chi connectivity index (χ1n) is 8.15. The van der Waals surface area contributed by atoms with Crippen LogP contribution in [-0.2, 0) is 0 Å². The van der Waals surface area contributed by atoms with Crippen LogP contribution in [0.15, 0.2) is 24.4 Å². The van der Waals surface area contributed by atoms with Crippen LogP contribution in [0.5, 0.6) is 5.88 Å². The Bertz CT molecular complexity index is 784. The van der Waals surface area contributed by atoms with Crippen LogP contribution in [0.25, 0.3) is 0 Å². The minimum Gasteiger partial charge on any atom is -0.481 e. The van der Waals surface area contributed by atoms with Crippen LogP contribution >= 0.6 is 0 Å². The van der Waals surface area contributed by atoms with E-state index in [2.05, 4.69) is 20.6 Å². The number of rotatable bonds is 8. The molecule has 0 bridgehead atoms. The van der Waals surface area contributed by atoms with E-state index >= 15 is 0 Å². The number of carbonyl (C=O) groups excluding carboxylic acids is 1. The minimum absolute atomic E-state index is 0.0114. The van der Waals surface area contributed by atoms with Crippen molar-refractivity contribution in [2.75, 3.05) is 17.7 Å². The topological polar surface area (TPSA) is 128 Å². The third-order valence-electron chi connectivity index (χ3n) is 3.84. The number of pyridine rings is 2. The highest BCUT2D eigenvalue weighted by atomic mass is 19.1. The Morgan fingerprint density at radius 1 is 1.38 bits per heavy atom. The second-order valence-corrected chi connectivity index (χ2v) is 5.81. The molecule has 0 saturated carbocycles. The van der Waals surface area contributed by atoms with E-state index < -0.39 is 11.7 Å². The third-order valence-corrected chi connectivity index (χ3v) is 3.84. The lowest BCUT2D eigenvalue weighted by Gasteiger charge is -2.22. The number of nitrogens with two attached hydrogens (primary N) is 2. The second kappa shape index (κ2) is 8.43. The maximum atomic E-state index is 14.4. The summed E-state index contributed by atoms with van der Waals surface area (Å²) in [6, 6.07) is 3.93. The molecule has 0 saturated heterocycles. The average molecular weight is 362 g/mol. The molecule has 8 nitrogen and oxygen atoms in total. The van der Waals surface area contributed by atoms with Gasteiger partial charge in [-0.1, -0.05) is 6.92 Å². The van der Waals surface area contributed by atoms with E-state index in [0.29, 0.717) is 18.0 Å². The van der Waals surface area contributed by atoms with Crippen molar-refractivity contribution in [2.24, 2.45) is 11.5 Å². The Labute approximate surface area is 151 Å². The van der Waals surface area contributed by atoms with Gasteiger partial charge in [0, 0.05) is 30.0 Å². The summed E-state index contributed by atoms with van der Waals surface area (Å²) in [5, 5.41) is 5.92. The van der Waals surface area contributed by atoms with E-state index in [4.69, 9.17) is 16.2 Å². The number of ether oxygens (including phenoxy) is 1. The molecular formula is C17H23FN6O2. The monoisotopic (exact) mass is 362 g/mol. The molecule has 2 aromatic heterocycles. The largest absolute Gasteiger partial charge is 0.481 e. The number of amides is 1. The van der Waals surface area contributed by atoms with Crippen molar-refractivity contribution in [1.29, 1.82) is 0 Å². The first kappa shape index (κ1) is 19.4. The Morgan fingerprint density at radius 2 is 2.12 bits per heavy atom. The molecule has 0 radical (unpaired) electrons. The Kier molecular flexibility index (Phi) is 6.29. The highest BCUT2D eigenvalue weighted by Crippen LogP contribution is 2.25. The summed E-state index contributed by atoms with van der Waals surface area (Å²) >= 11 is 0. The molecule has 0 aliphatic carbocycles. The number of hydrogen-bond donors (Lipinski definition) is 4. The summed E-state index contributed by atoms with van der Waals surface area (Å²) in [7, 11) is 1.48. The van der Waals surface area contributed by atoms with E-state index in [1.54, 1.807) is 12.1 Å². The molecule has 6 N–H and O–H groups in total. The van der Waals surface area contributed by atoms with E-state index in [9.17, 15) is 9.18 Å².